The fraction of sp³-hybridized carbons (Fsp3) is 0.182. The van der Waals surface area contributed by atoms with E-state index in [1.165, 1.54) is 12.5 Å². The summed E-state index contributed by atoms with van der Waals surface area (Å²) in [5, 5.41) is 5.54. The van der Waals surface area contributed by atoms with Gasteiger partial charge in [-0.05, 0) is 55.3 Å². The number of fused-ring (bicyclic) bond motifs is 1. The predicted octanol–water partition coefficient (Wildman–Crippen LogP) is 3.69. The third kappa shape index (κ3) is 4.08. The zero-order valence-corrected chi connectivity index (χ0v) is 16.3. The average Bonchev–Trinajstić information content (AvgIpc) is 3.13. The minimum atomic E-state index is -0.309. The SMILES string of the molecule is CC(=O)Nc1ccc(NC(=O)c2cc(C)nc(N3CCc4ccccc43)n2)cc1. The van der Waals surface area contributed by atoms with Crippen LogP contribution in [0, 0.1) is 6.92 Å². The predicted molar refractivity (Wildman–Crippen MR) is 113 cm³/mol. The van der Waals surface area contributed by atoms with Crippen molar-refractivity contribution in [1.82, 2.24) is 9.97 Å². The summed E-state index contributed by atoms with van der Waals surface area (Å²) in [6, 6.07) is 16.8. The molecule has 2 amide bonds. The number of carbonyl (C=O) groups is 2. The maximum Gasteiger partial charge on any atom is 0.274 e. The topological polar surface area (TPSA) is 87.2 Å². The van der Waals surface area contributed by atoms with Gasteiger partial charge in [0.05, 0.1) is 0 Å². The number of anilines is 4. The normalized spacial score (nSPS) is 12.4. The van der Waals surface area contributed by atoms with E-state index < -0.39 is 0 Å². The van der Waals surface area contributed by atoms with Gasteiger partial charge >= 0.3 is 0 Å². The summed E-state index contributed by atoms with van der Waals surface area (Å²) in [6.07, 6.45) is 0.926. The molecular formula is C22H21N5O2. The zero-order chi connectivity index (χ0) is 20.4. The lowest BCUT2D eigenvalue weighted by atomic mass is 10.2. The second-order valence-corrected chi connectivity index (χ2v) is 6.94. The number of carbonyl (C=O) groups excluding carboxylic acids is 2. The second-order valence-electron chi connectivity index (χ2n) is 6.94. The fourth-order valence-electron chi connectivity index (χ4n) is 3.37. The molecule has 7 heteroatoms. The lowest BCUT2D eigenvalue weighted by Gasteiger charge is -2.18. The van der Waals surface area contributed by atoms with Crippen LogP contribution in [0.15, 0.2) is 54.6 Å². The van der Waals surface area contributed by atoms with Crippen LogP contribution in [0.3, 0.4) is 0 Å². The molecule has 0 aliphatic carbocycles. The van der Waals surface area contributed by atoms with Gasteiger partial charge in [-0.1, -0.05) is 18.2 Å². The van der Waals surface area contributed by atoms with Crippen molar-refractivity contribution in [2.75, 3.05) is 22.1 Å². The Balaban J connectivity index is 1.55. The molecule has 0 atom stereocenters. The van der Waals surface area contributed by atoms with Gasteiger partial charge in [0, 0.05) is 36.2 Å². The van der Waals surface area contributed by atoms with E-state index in [0.717, 1.165) is 24.3 Å². The van der Waals surface area contributed by atoms with Crippen molar-refractivity contribution in [1.29, 1.82) is 0 Å². The quantitative estimate of drug-likeness (QED) is 0.713. The van der Waals surface area contributed by atoms with Crippen LogP contribution < -0.4 is 15.5 Å². The molecule has 0 saturated carbocycles. The van der Waals surface area contributed by atoms with Crippen LogP contribution in [0.5, 0.6) is 0 Å². The maximum absolute atomic E-state index is 12.8. The number of para-hydroxylation sites is 1. The Bertz CT molecular complexity index is 1080. The van der Waals surface area contributed by atoms with Crippen LogP contribution in [0.4, 0.5) is 23.0 Å². The molecule has 0 saturated heterocycles. The molecule has 0 bridgehead atoms. The van der Waals surface area contributed by atoms with E-state index in [-0.39, 0.29) is 11.8 Å². The number of aryl methyl sites for hydroxylation is 1. The van der Waals surface area contributed by atoms with E-state index in [0.29, 0.717) is 23.0 Å². The first-order chi connectivity index (χ1) is 14.0. The van der Waals surface area contributed by atoms with Crippen molar-refractivity contribution < 1.29 is 9.59 Å². The van der Waals surface area contributed by atoms with Crippen molar-refractivity contribution in [3.63, 3.8) is 0 Å². The number of nitrogens with zero attached hydrogens (tertiary/aromatic N) is 3. The number of amides is 2. The Morgan fingerprint density at radius 2 is 1.66 bits per heavy atom. The van der Waals surface area contributed by atoms with E-state index >= 15 is 0 Å². The summed E-state index contributed by atoms with van der Waals surface area (Å²) >= 11 is 0. The molecular weight excluding hydrogens is 366 g/mol. The molecule has 7 nitrogen and oxygen atoms in total. The molecule has 0 unspecified atom stereocenters. The molecule has 0 fully saturated rings. The number of nitrogens with one attached hydrogen (secondary N) is 2. The number of hydrogen-bond acceptors (Lipinski definition) is 5. The Labute approximate surface area is 168 Å². The van der Waals surface area contributed by atoms with Crippen LogP contribution in [0.1, 0.15) is 28.7 Å². The minimum Gasteiger partial charge on any atom is -0.326 e. The standard InChI is InChI=1S/C22H21N5O2/c1-14-13-19(21(29)25-18-9-7-17(8-10-18)24-15(2)28)26-22(23-14)27-12-11-16-5-3-4-6-20(16)27/h3-10,13H,11-12H2,1-2H3,(H,24,28)(H,25,29). The molecule has 29 heavy (non-hydrogen) atoms. The maximum atomic E-state index is 12.8. The Morgan fingerprint density at radius 1 is 0.966 bits per heavy atom. The third-order valence-electron chi connectivity index (χ3n) is 4.67. The first-order valence-corrected chi connectivity index (χ1v) is 9.40. The molecule has 2 heterocycles. The summed E-state index contributed by atoms with van der Waals surface area (Å²) in [5.41, 5.74) is 4.66. The monoisotopic (exact) mass is 387 g/mol. The summed E-state index contributed by atoms with van der Waals surface area (Å²) in [5.74, 6) is 0.0758. The van der Waals surface area contributed by atoms with E-state index in [4.69, 9.17) is 0 Å². The van der Waals surface area contributed by atoms with Crippen LogP contribution in [-0.2, 0) is 11.2 Å². The van der Waals surface area contributed by atoms with Crippen molar-refractivity contribution in [3.8, 4) is 0 Å². The highest BCUT2D eigenvalue weighted by Crippen LogP contribution is 2.32. The lowest BCUT2D eigenvalue weighted by Crippen LogP contribution is -2.20. The fourth-order valence-corrected chi connectivity index (χ4v) is 3.37. The van der Waals surface area contributed by atoms with Gasteiger partial charge in [0.25, 0.3) is 5.91 Å². The van der Waals surface area contributed by atoms with Crippen LogP contribution >= 0.6 is 0 Å². The lowest BCUT2D eigenvalue weighted by molar-refractivity contribution is -0.114. The van der Waals surface area contributed by atoms with Gasteiger partial charge in [-0.15, -0.1) is 0 Å². The molecule has 2 aromatic carbocycles. The molecule has 1 aliphatic rings. The first-order valence-electron chi connectivity index (χ1n) is 9.40. The van der Waals surface area contributed by atoms with Crippen molar-refractivity contribution >= 4 is 34.8 Å². The van der Waals surface area contributed by atoms with Crippen molar-refractivity contribution in [2.24, 2.45) is 0 Å². The summed E-state index contributed by atoms with van der Waals surface area (Å²) in [6.45, 7) is 4.09. The van der Waals surface area contributed by atoms with Gasteiger partial charge < -0.3 is 15.5 Å². The smallest absolute Gasteiger partial charge is 0.274 e. The zero-order valence-electron chi connectivity index (χ0n) is 16.3. The van der Waals surface area contributed by atoms with Gasteiger partial charge in [-0.25, -0.2) is 9.97 Å². The molecule has 0 radical (unpaired) electrons. The largest absolute Gasteiger partial charge is 0.326 e. The summed E-state index contributed by atoms with van der Waals surface area (Å²) < 4.78 is 0. The average molecular weight is 387 g/mol. The van der Waals surface area contributed by atoms with Crippen molar-refractivity contribution in [2.45, 2.75) is 20.3 Å². The Kier molecular flexibility index (Phi) is 4.95. The number of aromatic nitrogens is 2. The first kappa shape index (κ1) is 18.6. The van der Waals surface area contributed by atoms with Gasteiger partial charge in [0.1, 0.15) is 5.69 Å². The molecule has 3 aromatic rings. The van der Waals surface area contributed by atoms with E-state index in [1.807, 2.05) is 30.0 Å². The van der Waals surface area contributed by atoms with E-state index in [9.17, 15) is 9.59 Å². The molecule has 4 rings (SSSR count). The van der Waals surface area contributed by atoms with Crippen LogP contribution in [0.2, 0.25) is 0 Å². The minimum absolute atomic E-state index is 0.144. The third-order valence-corrected chi connectivity index (χ3v) is 4.67. The van der Waals surface area contributed by atoms with Gasteiger partial charge in [0.15, 0.2) is 0 Å². The Hall–Kier alpha value is -3.74. The highest BCUT2D eigenvalue weighted by molar-refractivity contribution is 6.03. The molecule has 1 aliphatic heterocycles. The molecule has 1 aromatic heterocycles. The summed E-state index contributed by atoms with van der Waals surface area (Å²) in [7, 11) is 0. The number of hydrogen-bond donors (Lipinski definition) is 2. The van der Waals surface area contributed by atoms with Gasteiger partial charge in [0.2, 0.25) is 11.9 Å². The van der Waals surface area contributed by atoms with E-state index in [2.05, 4.69) is 26.7 Å². The van der Waals surface area contributed by atoms with Gasteiger partial charge in [-0.3, -0.25) is 9.59 Å². The van der Waals surface area contributed by atoms with Gasteiger partial charge in [-0.2, -0.15) is 0 Å². The highest BCUT2D eigenvalue weighted by atomic mass is 16.2. The molecule has 0 spiro atoms. The number of benzene rings is 2. The molecule has 2 N–H and O–H groups in total. The summed E-state index contributed by atoms with van der Waals surface area (Å²) in [4.78, 5) is 35.0. The Morgan fingerprint density at radius 3 is 2.38 bits per heavy atom. The van der Waals surface area contributed by atoms with E-state index in [1.54, 1.807) is 30.3 Å². The van der Waals surface area contributed by atoms with Crippen LogP contribution in [-0.4, -0.2) is 28.3 Å². The van der Waals surface area contributed by atoms with Crippen LogP contribution in [0.25, 0.3) is 0 Å². The molecule has 146 valence electrons. The second kappa shape index (κ2) is 7.71. The highest BCUT2D eigenvalue weighted by Gasteiger charge is 2.23. The number of rotatable bonds is 4. The van der Waals surface area contributed by atoms with Crippen molar-refractivity contribution in [3.05, 3.63) is 71.5 Å².